The van der Waals surface area contributed by atoms with Crippen molar-refractivity contribution in [2.24, 2.45) is 11.7 Å². The first-order chi connectivity index (χ1) is 8.56. The van der Waals surface area contributed by atoms with Crippen molar-refractivity contribution in [3.8, 4) is 0 Å². The lowest BCUT2D eigenvalue weighted by Gasteiger charge is -2.33. The van der Waals surface area contributed by atoms with Gasteiger partial charge in [0.1, 0.15) is 5.54 Å². The van der Waals surface area contributed by atoms with Crippen LogP contribution in [0.3, 0.4) is 0 Å². The third-order valence-corrected chi connectivity index (χ3v) is 5.57. The molecule has 3 unspecified atom stereocenters. The van der Waals surface area contributed by atoms with Crippen molar-refractivity contribution in [2.45, 2.75) is 63.7 Å². The lowest BCUT2D eigenvalue weighted by atomic mass is 9.84. The highest BCUT2D eigenvalue weighted by Crippen LogP contribution is 2.38. The monoisotopic (exact) mass is 272 g/mol. The van der Waals surface area contributed by atoms with E-state index in [0.717, 1.165) is 38.0 Å². The Hall–Kier alpha value is -0.220. The van der Waals surface area contributed by atoms with E-state index >= 15 is 0 Å². The van der Waals surface area contributed by atoms with Crippen LogP contribution in [0.2, 0.25) is 0 Å². The van der Waals surface area contributed by atoms with Gasteiger partial charge in [0.05, 0.1) is 0 Å². The zero-order valence-electron chi connectivity index (χ0n) is 12.0. The Morgan fingerprint density at radius 2 is 2.28 bits per heavy atom. The van der Waals surface area contributed by atoms with Crippen LogP contribution in [-0.2, 0) is 4.79 Å². The highest BCUT2D eigenvalue weighted by Gasteiger charge is 2.46. The molecule has 0 bridgehead atoms. The van der Waals surface area contributed by atoms with Gasteiger partial charge in [0, 0.05) is 5.25 Å². The maximum absolute atomic E-state index is 11.8. The standard InChI is InChI=1S/C14H28N2OS/c1-4-11(3)18-10-8-12-7-6-9-14(12,13(15)17)16-5-2/h11-12,16H,4-10H2,1-3H3,(H2,15,17). The molecule has 1 saturated carbocycles. The Labute approximate surface area is 116 Å². The third-order valence-electron chi connectivity index (χ3n) is 4.20. The van der Waals surface area contributed by atoms with Crippen LogP contribution in [0.4, 0.5) is 0 Å². The molecule has 0 aromatic rings. The summed E-state index contributed by atoms with van der Waals surface area (Å²) in [6.45, 7) is 7.36. The number of rotatable bonds is 8. The number of likely N-dealkylation sites (N-methyl/N-ethyl adjacent to an activating group) is 1. The minimum atomic E-state index is -0.426. The fourth-order valence-electron chi connectivity index (χ4n) is 2.96. The van der Waals surface area contributed by atoms with Crippen molar-refractivity contribution >= 4 is 17.7 Å². The smallest absolute Gasteiger partial charge is 0.238 e. The molecule has 106 valence electrons. The van der Waals surface area contributed by atoms with Gasteiger partial charge in [-0.15, -0.1) is 0 Å². The Bertz CT molecular complexity index is 273. The lowest BCUT2D eigenvalue weighted by Crippen LogP contribution is -2.57. The fourth-order valence-corrected chi connectivity index (χ4v) is 4.02. The summed E-state index contributed by atoms with van der Waals surface area (Å²) >= 11 is 2.01. The molecule has 18 heavy (non-hydrogen) atoms. The number of carbonyl (C=O) groups is 1. The van der Waals surface area contributed by atoms with E-state index in [9.17, 15) is 4.79 Å². The van der Waals surface area contributed by atoms with Crippen LogP contribution in [0, 0.1) is 5.92 Å². The molecule has 3 N–H and O–H groups in total. The van der Waals surface area contributed by atoms with Gasteiger partial charge in [-0.3, -0.25) is 4.79 Å². The Balaban J connectivity index is 2.54. The summed E-state index contributed by atoms with van der Waals surface area (Å²) in [6, 6.07) is 0. The molecule has 0 spiro atoms. The zero-order valence-corrected chi connectivity index (χ0v) is 12.8. The molecule has 0 saturated heterocycles. The van der Waals surface area contributed by atoms with Crippen LogP contribution in [0.1, 0.15) is 52.9 Å². The van der Waals surface area contributed by atoms with Gasteiger partial charge in [0.25, 0.3) is 0 Å². The highest BCUT2D eigenvalue weighted by atomic mass is 32.2. The predicted molar refractivity (Wildman–Crippen MR) is 79.8 cm³/mol. The van der Waals surface area contributed by atoms with Crippen LogP contribution in [0.5, 0.6) is 0 Å². The molecule has 3 atom stereocenters. The fraction of sp³-hybridized carbons (Fsp3) is 0.929. The van der Waals surface area contributed by atoms with E-state index in [1.807, 2.05) is 18.7 Å². The first-order valence-electron chi connectivity index (χ1n) is 7.23. The van der Waals surface area contributed by atoms with E-state index in [4.69, 9.17) is 5.73 Å². The highest BCUT2D eigenvalue weighted by molar-refractivity contribution is 7.99. The van der Waals surface area contributed by atoms with E-state index < -0.39 is 5.54 Å². The van der Waals surface area contributed by atoms with Crippen LogP contribution < -0.4 is 11.1 Å². The molecule has 0 aliphatic heterocycles. The molecule has 1 amide bonds. The lowest BCUT2D eigenvalue weighted by molar-refractivity contribution is -0.125. The minimum absolute atomic E-state index is 0.152. The number of hydrogen-bond donors (Lipinski definition) is 2. The summed E-state index contributed by atoms with van der Waals surface area (Å²) in [6.07, 6.45) is 5.48. The molecule has 0 heterocycles. The average molecular weight is 272 g/mol. The molecule has 1 aliphatic rings. The van der Waals surface area contributed by atoms with Crippen LogP contribution >= 0.6 is 11.8 Å². The molecule has 0 radical (unpaired) electrons. The van der Waals surface area contributed by atoms with Crippen molar-refractivity contribution in [1.29, 1.82) is 0 Å². The van der Waals surface area contributed by atoms with E-state index in [1.54, 1.807) is 0 Å². The summed E-state index contributed by atoms with van der Waals surface area (Å²) in [7, 11) is 0. The molecule has 1 fully saturated rings. The van der Waals surface area contributed by atoms with Gasteiger partial charge in [-0.05, 0) is 43.9 Å². The second-order valence-corrected chi connectivity index (χ2v) is 6.88. The van der Waals surface area contributed by atoms with Crippen molar-refractivity contribution in [1.82, 2.24) is 5.32 Å². The van der Waals surface area contributed by atoms with E-state index in [0.29, 0.717) is 11.2 Å². The number of amides is 1. The number of nitrogens with two attached hydrogens (primary N) is 1. The SMILES string of the molecule is CCNC1(C(N)=O)CCCC1CCSC(C)CC. The molecule has 4 heteroatoms. The summed E-state index contributed by atoms with van der Waals surface area (Å²) in [5, 5.41) is 4.09. The van der Waals surface area contributed by atoms with E-state index in [2.05, 4.69) is 19.2 Å². The molecule has 0 aromatic heterocycles. The van der Waals surface area contributed by atoms with Crippen LogP contribution in [0.15, 0.2) is 0 Å². The quantitative estimate of drug-likeness (QED) is 0.714. The number of thioether (sulfide) groups is 1. The summed E-state index contributed by atoms with van der Waals surface area (Å²) < 4.78 is 0. The van der Waals surface area contributed by atoms with Gasteiger partial charge in [-0.1, -0.05) is 27.2 Å². The predicted octanol–water partition coefficient (Wildman–Crippen LogP) is 2.54. The maximum atomic E-state index is 11.8. The summed E-state index contributed by atoms with van der Waals surface area (Å²) in [5.74, 6) is 1.41. The summed E-state index contributed by atoms with van der Waals surface area (Å²) in [5.41, 5.74) is 5.23. The molecule has 3 nitrogen and oxygen atoms in total. The van der Waals surface area contributed by atoms with Gasteiger partial charge in [-0.25, -0.2) is 0 Å². The van der Waals surface area contributed by atoms with Crippen molar-refractivity contribution in [2.75, 3.05) is 12.3 Å². The molecule has 1 rings (SSSR count). The van der Waals surface area contributed by atoms with Gasteiger partial charge < -0.3 is 11.1 Å². The maximum Gasteiger partial charge on any atom is 0.238 e. The van der Waals surface area contributed by atoms with Crippen LogP contribution in [-0.4, -0.2) is 29.0 Å². The molecule has 1 aliphatic carbocycles. The molecular weight excluding hydrogens is 244 g/mol. The van der Waals surface area contributed by atoms with Crippen molar-refractivity contribution in [3.05, 3.63) is 0 Å². The van der Waals surface area contributed by atoms with Crippen molar-refractivity contribution in [3.63, 3.8) is 0 Å². The van der Waals surface area contributed by atoms with E-state index in [-0.39, 0.29) is 5.91 Å². The minimum Gasteiger partial charge on any atom is -0.368 e. The molecule has 0 aromatic carbocycles. The van der Waals surface area contributed by atoms with E-state index in [1.165, 1.54) is 6.42 Å². The first kappa shape index (κ1) is 15.8. The topological polar surface area (TPSA) is 55.1 Å². The van der Waals surface area contributed by atoms with Crippen molar-refractivity contribution < 1.29 is 4.79 Å². The number of nitrogens with one attached hydrogen (secondary N) is 1. The van der Waals surface area contributed by atoms with Gasteiger partial charge >= 0.3 is 0 Å². The van der Waals surface area contributed by atoms with Gasteiger partial charge in [-0.2, -0.15) is 11.8 Å². The van der Waals surface area contributed by atoms with Crippen LogP contribution in [0.25, 0.3) is 0 Å². The second-order valence-electron chi connectivity index (χ2n) is 5.33. The number of hydrogen-bond acceptors (Lipinski definition) is 3. The average Bonchev–Trinajstić information content (AvgIpc) is 2.74. The normalized spacial score (nSPS) is 29.4. The van der Waals surface area contributed by atoms with Gasteiger partial charge in [0.2, 0.25) is 5.91 Å². The Morgan fingerprint density at radius 1 is 1.56 bits per heavy atom. The van der Waals surface area contributed by atoms with Gasteiger partial charge in [0.15, 0.2) is 0 Å². The largest absolute Gasteiger partial charge is 0.368 e. The Kier molecular flexibility index (Phi) is 6.50. The zero-order chi connectivity index (χ0) is 13.6. The Morgan fingerprint density at radius 3 is 2.83 bits per heavy atom. The summed E-state index contributed by atoms with van der Waals surface area (Å²) in [4.78, 5) is 11.8. The molecular formula is C14H28N2OS. The first-order valence-corrected chi connectivity index (χ1v) is 8.28. The second kappa shape index (κ2) is 7.39. The third kappa shape index (κ3) is 3.64. The number of carbonyl (C=O) groups excluding carboxylic acids is 1. The number of primary amides is 1.